The van der Waals surface area contributed by atoms with Crippen LogP contribution >= 0.6 is 23.2 Å². The highest BCUT2D eigenvalue weighted by atomic mass is 35.5. The van der Waals surface area contributed by atoms with Gasteiger partial charge in [0.15, 0.2) is 16.4 Å². The van der Waals surface area contributed by atoms with Crippen LogP contribution in [0.15, 0.2) is 48.5 Å². The Morgan fingerprint density at radius 3 is 2.50 bits per heavy atom. The SMILES string of the molecule is O=C(COc1ccc(Cl)cc1Cl)N(c1ccccc1)[C@H]1CCS(=O)(=O)C1. The van der Waals surface area contributed by atoms with Crippen molar-refractivity contribution >= 4 is 44.6 Å². The number of carbonyl (C=O) groups is 1. The Hall–Kier alpha value is -1.76. The van der Waals surface area contributed by atoms with Crippen molar-refractivity contribution in [1.29, 1.82) is 0 Å². The number of ether oxygens (including phenoxy) is 1. The Morgan fingerprint density at radius 1 is 1.15 bits per heavy atom. The highest BCUT2D eigenvalue weighted by molar-refractivity contribution is 7.91. The molecule has 26 heavy (non-hydrogen) atoms. The maximum atomic E-state index is 12.8. The molecule has 0 spiro atoms. The zero-order valence-electron chi connectivity index (χ0n) is 13.8. The molecule has 2 aromatic rings. The molecule has 1 aliphatic heterocycles. The van der Waals surface area contributed by atoms with Gasteiger partial charge in [-0.1, -0.05) is 41.4 Å². The van der Waals surface area contributed by atoms with Crippen molar-refractivity contribution in [2.75, 3.05) is 23.0 Å². The van der Waals surface area contributed by atoms with Gasteiger partial charge in [-0.25, -0.2) is 8.42 Å². The van der Waals surface area contributed by atoms with Crippen molar-refractivity contribution in [2.45, 2.75) is 12.5 Å². The standard InChI is InChI=1S/C18H17Cl2NO4S/c19-13-6-7-17(16(20)10-13)25-11-18(22)21(14-4-2-1-3-5-14)15-8-9-26(23,24)12-15/h1-7,10,15H,8-9,11-12H2/t15-/m0/s1. The van der Waals surface area contributed by atoms with Gasteiger partial charge in [0, 0.05) is 10.7 Å². The fourth-order valence-electron chi connectivity index (χ4n) is 2.93. The molecule has 3 rings (SSSR count). The predicted molar refractivity (Wildman–Crippen MR) is 103 cm³/mol. The Kier molecular flexibility index (Phi) is 5.75. The molecule has 1 atom stereocenters. The molecule has 0 aliphatic carbocycles. The van der Waals surface area contributed by atoms with E-state index in [1.54, 1.807) is 36.4 Å². The van der Waals surface area contributed by atoms with Gasteiger partial charge in [-0.15, -0.1) is 0 Å². The van der Waals surface area contributed by atoms with Crippen LogP contribution in [0.1, 0.15) is 6.42 Å². The Morgan fingerprint density at radius 2 is 1.88 bits per heavy atom. The predicted octanol–water partition coefficient (Wildman–Crippen LogP) is 3.59. The number of para-hydroxylation sites is 1. The van der Waals surface area contributed by atoms with E-state index < -0.39 is 15.9 Å². The van der Waals surface area contributed by atoms with Crippen LogP contribution in [0.3, 0.4) is 0 Å². The number of halogens is 2. The summed E-state index contributed by atoms with van der Waals surface area (Å²) < 4.78 is 29.2. The van der Waals surface area contributed by atoms with Crippen molar-refractivity contribution < 1.29 is 17.9 Å². The number of nitrogens with zero attached hydrogens (tertiary/aromatic N) is 1. The van der Waals surface area contributed by atoms with Crippen LogP contribution in [0.2, 0.25) is 10.0 Å². The fourth-order valence-corrected chi connectivity index (χ4v) is 5.09. The van der Waals surface area contributed by atoms with Gasteiger partial charge >= 0.3 is 0 Å². The summed E-state index contributed by atoms with van der Waals surface area (Å²) in [5.74, 6) is 0.0498. The second-order valence-electron chi connectivity index (χ2n) is 6.02. The van der Waals surface area contributed by atoms with Crippen LogP contribution in [0, 0.1) is 0 Å². The molecule has 0 bridgehead atoms. The van der Waals surface area contributed by atoms with E-state index in [0.29, 0.717) is 27.9 Å². The number of carbonyl (C=O) groups excluding carboxylic acids is 1. The van der Waals surface area contributed by atoms with E-state index >= 15 is 0 Å². The molecule has 1 fully saturated rings. The minimum absolute atomic E-state index is 0.0463. The van der Waals surface area contributed by atoms with E-state index in [4.69, 9.17) is 27.9 Å². The maximum absolute atomic E-state index is 12.8. The van der Waals surface area contributed by atoms with Gasteiger partial charge in [-0.3, -0.25) is 4.79 Å². The summed E-state index contributed by atoms with van der Waals surface area (Å²) in [7, 11) is -3.13. The van der Waals surface area contributed by atoms with Gasteiger partial charge in [0.1, 0.15) is 5.75 Å². The zero-order chi connectivity index (χ0) is 18.7. The molecule has 1 saturated heterocycles. The molecule has 1 aliphatic rings. The number of sulfone groups is 1. The lowest BCUT2D eigenvalue weighted by Crippen LogP contribution is -2.43. The molecule has 8 heteroatoms. The third kappa shape index (κ3) is 4.50. The Labute approximate surface area is 162 Å². The summed E-state index contributed by atoms with van der Waals surface area (Å²) in [6.07, 6.45) is 0.407. The molecule has 0 aromatic heterocycles. The van der Waals surface area contributed by atoms with Gasteiger partial charge in [0.05, 0.1) is 22.6 Å². The monoisotopic (exact) mass is 413 g/mol. The Bertz CT molecular complexity index is 903. The largest absolute Gasteiger partial charge is 0.482 e. The lowest BCUT2D eigenvalue weighted by molar-refractivity contribution is -0.121. The van der Waals surface area contributed by atoms with Gasteiger partial charge in [0.25, 0.3) is 5.91 Å². The van der Waals surface area contributed by atoms with E-state index in [1.807, 2.05) is 6.07 Å². The van der Waals surface area contributed by atoms with Gasteiger partial charge in [-0.05, 0) is 36.8 Å². The zero-order valence-corrected chi connectivity index (χ0v) is 16.1. The highest BCUT2D eigenvalue weighted by Gasteiger charge is 2.35. The first-order valence-electron chi connectivity index (χ1n) is 8.01. The molecule has 1 heterocycles. The van der Waals surface area contributed by atoms with Crippen LogP contribution in [0.25, 0.3) is 0 Å². The fraction of sp³-hybridized carbons (Fsp3) is 0.278. The summed E-state index contributed by atoms with van der Waals surface area (Å²) in [6.45, 7) is -0.257. The average molecular weight is 414 g/mol. The van der Waals surface area contributed by atoms with Crippen molar-refractivity contribution in [3.8, 4) is 5.75 Å². The van der Waals surface area contributed by atoms with Crippen molar-refractivity contribution in [3.63, 3.8) is 0 Å². The number of rotatable bonds is 5. The molecule has 138 valence electrons. The van der Waals surface area contributed by atoms with Crippen molar-refractivity contribution in [2.24, 2.45) is 0 Å². The highest BCUT2D eigenvalue weighted by Crippen LogP contribution is 2.28. The number of benzene rings is 2. The first-order valence-corrected chi connectivity index (χ1v) is 10.6. The quantitative estimate of drug-likeness (QED) is 0.750. The van der Waals surface area contributed by atoms with E-state index in [0.717, 1.165) is 0 Å². The summed E-state index contributed by atoms with van der Waals surface area (Å²) >= 11 is 11.9. The molecule has 1 amide bonds. The third-order valence-corrected chi connectivity index (χ3v) is 6.40. The molecule has 2 aromatic carbocycles. The third-order valence-electron chi connectivity index (χ3n) is 4.12. The second kappa shape index (κ2) is 7.86. The number of hydrogen-bond donors (Lipinski definition) is 0. The van der Waals surface area contributed by atoms with Gasteiger partial charge in [0.2, 0.25) is 0 Å². The maximum Gasteiger partial charge on any atom is 0.265 e. The van der Waals surface area contributed by atoms with Crippen LogP contribution in [-0.2, 0) is 14.6 Å². The summed E-state index contributed by atoms with van der Waals surface area (Å²) in [5.41, 5.74) is 0.644. The molecule has 0 unspecified atom stereocenters. The Balaban J connectivity index is 1.79. The first-order chi connectivity index (χ1) is 12.4. The van der Waals surface area contributed by atoms with Crippen LogP contribution in [-0.4, -0.2) is 38.5 Å². The first kappa shape index (κ1) is 19.0. The van der Waals surface area contributed by atoms with E-state index in [9.17, 15) is 13.2 Å². The minimum Gasteiger partial charge on any atom is -0.482 e. The van der Waals surface area contributed by atoms with Crippen molar-refractivity contribution in [1.82, 2.24) is 0 Å². The molecule has 0 saturated carbocycles. The lowest BCUT2D eigenvalue weighted by Gasteiger charge is -2.28. The van der Waals surface area contributed by atoms with E-state index in [1.165, 1.54) is 11.0 Å². The summed E-state index contributed by atoms with van der Waals surface area (Å²) in [6, 6.07) is 13.3. The molecule has 5 nitrogen and oxygen atoms in total. The van der Waals surface area contributed by atoms with Crippen LogP contribution < -0.4 is 9.64 Å². The number of amides is 1. The van der Waals surface area contributed by atoms with E-state index in [-0.39, 0.29) is 24.0 Å². The second-order valence-corrected chi connectivity index (χ2v) is 9.09. The van der Waals surface area contributed by atoms with E-state index in [2.05, 4.69) is 0 Å². The summed E-state index contributed by atoms with van der Waals surface area (Å²) in [4.78, 5) is 14.3. The minimum atomic E-state index is -3.13. The molecular weight excluding hydrogens is 397 g/mol. The normalized spacial score (nSPS) is 18.5. The van der Waals surface area contributed by atoms with Crippen molar-refractivity contribution in [3.05, 3.63) is 58.6 Å². The lowest BCUT2D eigenvalue weighted by atomic mass is 10.2. The topological polar surface area (TPSA) is 63.7 Å². The summed E-state index contributed by atoms with van der Waals surface area (Å²) in [5, 5.41) is 0.774. The van der Waals surface area contributed by atoms with Crippen LogP contribution in [0.5, 0.6) is 5.75 Å². The van der Waals surface area contributed by atoms with Gasteiger partial charge in [-0.2, -0.15) is 0 Å². The average Bonchev–Trinajstić information content (AvgIpc) is 2.95. The molecule has 0 N–H and O–H groups in total. The smallest absolute Gasteiger partial charge is 0.265 e. The van der Waals surface area contributed by atoms with Gasteiger partial charge < -0.3 is 9.64 Å². The van der Waals surface area contributed by atoms with Crippen LogP contribution in [0.4, 0.5) is 5.69 Å². The number of anilines is 1. The number of hydrogen-bond acceptors (Lipinski definition) is 4. The molecular formula is C18H17Cl2NO4S. The molecule has 0 radical (unpaired) electrons.